The average Bonchev–Trinajstić information content (AvgIpc) is 3.47. The molecular formula is C60H67N3O10S. The van der Waals surface area contributed by atoms with Crippen molar-refractivity contribution in [3.63, 3.8) is 0 Å². The lowest BCUT2D eigenvalue weighted by molar-refractivity contribution is -0.384. The molecule has 13 nitrogen and oxygen atoms in total. The normalized spacial score (nSPS) is 23.6. The number of nitro benzene ring substituents is 1. The Balaban J connectivity index is 1.22. The van der Waals surface area contributed by atoms with Crippen LogP contribution in [0.5, 0.6) is 11.5 Å². The third-order valence-electron chi connectivity index (χ3n) is 14.8. The summed E-state index contributed by atoms with van der Waals surface area (Å²) in [6.07, 6.45) is 14.0. The molecule has 7 unspecified atom stereocenters. The van der Waals surface area contributed by atoms with Gasteiger partial charge in [-0.3, -0.25) is 14.9 Å². The second-order valence-electron chi connectivity index (χ2n) is 19.5. The molecule has 2 N–H and O–H groups in total. The number of rotatable bonds is 24. The summed E-state index contributed by atoms with van der Waals surface area (Å²) in [4.78, 5) is 36.1. The van der Waals surface area contributed by atoms with Crippen LogP contribution < -0.4 is 9.47 Å². The maximum atomic E-state index is 15.6. The van der Waals surface area contributed by atoms with Gasteiger partial charge in [0, 0.05) is 72.9 Å². The molecule has 0 aromatic heterocycles. The van der Waals surface area contributed by atoms with E-state index in [0.29, 0.717) is 55.3 Å². The Morgan fingerprint density at radius 3 is 2.49 bits per heavy atom. The molecule has 2 aliphatic heterocycles. The third kappa shape index (κ3) is 12.1. The van der Waals surface area contributed by atoms with Gasteiger partial charge in [0.25, 0.3) is 5.69 Å². The summed E-state index contributed by atoms with van der Waals surface area (Å²) in [6.45, 7) is 5.59. The molecule has 1 amide bonds. The van der Waals surface area contributed by atoms with Gasteiger partial charge in [0.05, 0.1) is 36.4 Å². The molecule has 1 saturated carbocycles. The molecule has 9 rings (SSSR count). The molecular weight excluding hydrogens is 955 g/mol. The minimum atomic E-state index is -1.51. The van der Waals surface area contributed by atoms with E-state index in [4.69, 9.17) is 28.9 Å². The number of fused-ring (bicyclic) bond motifs is 3. The molecule has 0 radical (unpaired) electrons. The van der Waals surface area contributed by atoms with Crippen molar-refractivity contribution in [2.24, 2.45) is 22.9 Å². The SMILES string of the molecule is C=CCOC12Oc3ccc(OCCSc4ccccc4)cc3C3C(CCCCO)C(CCCCO)C=C(C(=NOC4CCCCO4)CC1N(Cc1cccc4ccccc14)C(=O)C=Cc1ccc([N+](=O)[O-])cc1)C32. The number of benzene rings is 5. The number of amides is 1. The Morgan fingerprint density at radius 1 is 0.932 bits per heavy atom. The lowest BCUT2D eigenvalue weighted by atomic mass is 9.55. The molecule has 2 aliphatic carbocycles. The Morgan fingerprint density at radius 2 is 1.72 bits per heavy atom. The number of allylic oxidation sites excluding steroid dienone is 1. The summed E-state index contributed by atoms with van der Waals surface area (Å²) in [6, 6.07) is 35.8. The minimum Gasteiger partial charge on any atom is -0.493 e. The van der Waals surface area contributed by atoms with Crippen LogP contribution >= 0.6 is 11.8 Å². The lowest BCUT2D eigenvalue weighted by Gasteiger charge is -2.60. The van der Waals surface area contributed by atoms with Crippen molar-refractivity contribution in [2.75, 3.05) is 38.8 Å². The molecule has 388 valence electrons. The van der Waals surface area contributed by atoms with Crippen molar-refractivity contribution in [3.8, 4) is 11.5 Å². The van der Waals surface area contributed by atoms with E-state index in [0.717, 1.165) is 71.8 Å². The van der Waals surface area contributed by atoms with Gasteiger partial charge in [0.1, 0.15) is 17.5 Å². The third-order valence-corrected chi connectivity index (χ3v) is 15.8. The van der Waals surface area contributed by atoms with Crippen molar-refractivity contribution >= 4 is 45.9 Å². The first-order valence-electron chi connectivity index (χ1n) is 26.2. The average molecular weight is 1020 g/mol. The number of nitrogens with zero attached hydrogens (tertiary/aromatic N) is 3. The molecule has 2 fully saturated rings. The molecule has 4 aliphatic rings. The summed E-state index contributed by atoms with van der Waals surface area (Å²) in [7, 11) is 0. The lowest BCUT2D eigenvalue weighted by Crippen LogP contribution is -2.70. The van der Waals surface area contributed by atoms with Crippen LogP contribution in [0.3, 0.4) is 0 Å². The van der Waals surface area contributed by atoms with Crippen LogP contribution in [0.15, 0.2) is 156 Å². The highest BCUT2D eigenvalue weighted by Gasteiger charge is 2.65. The summed E-state index contributed by atoms with van der Waals surface area (Å²) in [5, 5.41) is 38.9. The number of hydrogen-bond donors (Lipinski definition) is 2. The number of unbranched alkanes of at least 4 members (excludes halogenated alkanes) is 2. The van der Waals surface area contributed by atoms with Gasteiger partial charge in [-0.05, 0) is 126 Å². The highest BCUT2D eigenvalue weighted by Crippen LogP contribution is 2.62. The Kier molecular flexibility index (Phi) is 18.0. The summed E-state index contributed by atoms with van der Waals surface area (Å²) >= 11 is 1.74. The van der Waals surface area contributed by atoms with Crippen LogP contribution in [0.25, 0.3) is 16.8 Å². The van der Waals surface area contributed by atoms with Crippen molar-refractivity contribution < 1.29 is 43.7 Å². The second kappa shape index (κ2) is 25.3. The van der Waals surface area contributed by atoms with Crippen LogP contribution in [-0.4, -0.2) is 88.6 Å². The van der Waals surface area contributed by atoms with E-state index in [1.165, 1.54) is 23.1 Å². The summed E-state index contributed by atoms with van der Waals surface area (Å²) < 4.78 is 27.5. The van der Waals surface area contributed by atoms with Crippen molar-refractivity contribution in [1.82, 2.24) is 4.90 Å². The molecule has 5 aromatic carbocycles. The van der Waals surface area contributed by atoms with Crippen LogP contribution in [-0.2, 0) is 25.7 Å². The summed E-state index contributed by atoms with van der Waals surface area (Å²) in [5.41, 5.74) is 4.05. The zero-order chi connectivity index (χ0) is 51.3. The van der Waals surface area contributed by atoms with E-state index in [1.807, 2.05) is 59.5 Å². The first-order chi connectivity index (χ1) is 36.3. The predicted molar refractivity (Wildman–Crippen MR) is 289 cm³/mol. The van der Waals surface area contributed by atoms with E-state index in [2.05, 4.69) is 49.1 Å². The molecule has 2 heterocycles. The van der Waals surface area contributed by atoms with Crippen molar-refractivity contribution in [3.05, 3.63) is 172 Å². The molecule has 5 aromatic rings. The van der Waals surface area contributed by atoms with Crippen LogP contribution in [0, 0.1) is 27.9 Å². The molecule has 14 heteroatoms. The van der Waals surface area contributed by atoms with Crippen molar-refractivity contribution in [1.29, 1.82) is 0 Å². The van der Waals surface area contributed by atoms with Gasteiger partial charge in [0.15, 0.2) is 0 Å². The topological polar surface area (TPSA) is 162 Å². The standard InChI is InChI=1S/C60H67N3O10S/c1-2-34-71-60-55(62(41-45-18-14-17-43-15-6-7-21-49(43)45)56(66)31-26-42-24-27-46(28-25-42)63(67)68)40-53(61-73-57-23-10-13-35-70-57)51-38-44(16-8-11-32-64)50(22-9-12-33-65)58(59(51)60)52-39-47(29-30-54(52)72-60)69-36-37-74-48-19-4-3-5-20-48/h2-7,14-15,17-21,24-31,38-39,44,50,55,57-59,64-65H,1,8-13,16,22-23,32-37,40-41H2. The second-order valence-corrected chi connectivity index (χ2v) is 20.6. The highest BCUT2D eigenvalue weighted by atomic mass is 32.2. The maximum Gasteiger partial charge on any atom is 0.269 e. The predicted octanol–water partition coefficient (Wildman–Crippen LogP) is 11.8. The number of aliphatic hydroxyl groups is 2. The van der Waals surface area contributed by atoms with E-state index in [-0.39, 0.29) is 62.1 Å². The molecule has 7 atom stereocenters. The molecule has 74 heavy (non-hydrogen) atoms. The highest BCUT2D eigenvalue weighted by molar-refractivity contribution is 7.99. The van der Waals surface area contributed by atoms with Gasteiger partial charge >= 0.3 is 0 Å². The number of aliphatic hydroxyl groups excluding tert-OH is 2. The van der Waals surface area contributed by atoms with Crippen LogP contribution in [0.1, 0.15) is 86.8 Å². The number of oxime groups is 1. The quantitative estimate of drug-likeness (QED) is 0.0151. The maximum absolute atomic E-state index is 15.6. The first kappa shape index (κ1) is 52.6. The Hall–Kier alpha value is -6.29. The zero-order valence-electron chi connectivity index (χ0n) is 41.9. The number of carbonyl (C=O) groups is 1. The van der Waals surface area contributed by atoms with Crippen LogP contribution in [0.2, 0.25) is 0 Å². The molecule has 0 spiro atoms. The van der Waals surface area contributed by atoms with E-state index < -0.39 is 29.0 Å². The minimum absolute atomic E-state index is 0.0130. The zero-order valence-corrected chi connectivity index (χ0v) is 42.7. The molecule has 1 saturated heterocycles. The monoisotopic (exact) mass is 1020 g/mol. The largest absolute Gasteiger partial charge is 0.493 e. The number of carbonyl (C=O) groups excluding carboxylic acids is 1. The molecule has 0 bridgehead atoms. The Labute approximate surface area is 438 Å². The van der Waals surface area contributed by atoms with E-state index in [9.17, 15) is 20.3 Å². The van der Waals surface area contributed by atoms with Crippen LogP contribution in [0.4, 0.5) is 5.69 Å². The smallest absolute Gasteiger partial charge is 0.269 e. The van der Waals surface area contributed by atoms with Gasteiger partial charge in [-0.25, -0.2) is 0 Å². The number of ether oxygens (including phenoxy) is 4. The van der Waals surface area contributed by atoms with E-state index in [1.54, 1.807) is 36.0 Å². The number of hydrogen-bond acceptors (Lipinski definition) is 12. The number of non-ortho nitro benzene ring substituents is 1. The number of nitro groups is 1. The van der Waals surface area contributed by atoms with Gasteiger partial charge < -0.3 is 38.9 Å². The summed E-state index contributed by atoms with van der Waals surface area (Å²) in [5.74, 6) is -0.500. The van der Waals surface area contributed by atoms with E-state index >= 15 is 4.79 Å². The van der Waals surface area contributed by atoms with Gasteiger partial charge in [-0.2, -0.15) is 0 Å². The number of thioether (sulfide) groups is 1. The fourth-order valence-electron chi connectivity index (χ4n) is 11.4. The van der Waals surface area contributed by atoms with Gasteiger partial charge in [-0.15, -0.1) is 18.3 Å². The fourth-order valence-corrected chi connectivity index (χ4v) is 12.2. The Bertz CT molecular complexity index is 2790. The first-order valence-corrected chi connectivity index (χ1v) is 27.1. The van der Waals surface area contributed by atoms with Crippen molar-refractivity contribution in [2.45, 2.75) is 99.7 Å². The fraction of sp³-hybridized carbons (Fsp3) is 0.400. The van der Waals surface area contributed by atoms with Gasteiger partial charge in [-0.1, -0.05) is 90.8 Å². The van der Waals surface area contributed by atoms with Gasteiger partial charge in [0.2, 0.25) is 18.0 Å².